The molecule has 2 heterocycles. The Hall–Kier alpha value is -0.590. The molecule has 2 saturated heterocycles. The van der Waals surface area contributed by atoms with Crippen LogP contribution in [0.1, 0.15) is 25.7 Å². The van der Waals surface area contributed by atoms with Crippen molar-refractivity contribution in [3.05, 3.63) is 0 Å². The molecule has 0 aromatic heterocycles. The van der Waals surface area contributed by atoms with Gasteiger partial charge in [-0.1, -0.05) is 0 Å². The summed E-state index contributed by atoms with van der Waals surface area (Å²) >= 11 is 0. The number of nitrogens with zero attached hydrogens (tertiary/aromatic N) is 2. The maximum Gasteiger partial charge on any atom is 0.0656 e. The third-order valence-corrected chi connectivity index (χ3v) is 3.42. The lowest BCUT2D eigenvalue weighted by atomic mass is 9.95. The molecule has 0 unspecified atom stereocenters. The van der Waals surface area contributed by atoms with Gasteiger partial charge in [-0.25, -0.2) is 0 Å². The van der Waals surface area contributed by atoms with Crippen molar-refractivity contribution in [2.45, 2.75) is 31.7 Å². The molecule has 2 aliphatic rings. The van der Waals surface area contributed by atoms with E-state index in [1.807, 2.05) is 0 Å². The molecule has 0 aliphatic carbocycles. The van der Waals surface area contributed by atoms with Crippen molar-refractivity contribution in [1.29, 1.82) is 5.26 Å². The van der Waals surface area contributed by atoms with Crippen molar-refractivity contribution in [2.75, 3.05) is 26.3 Å². The average Bonchev–Trinajstić information content (AvgIpc) is 2.30. The predicted molar refractivity (Wildman–Crippen MR) is 53.8 cm³/mol. The quantitative estimate of drug-likeness (QED) is 0.633. The zero-order chi connectivity index (χ0) is 9.80. The van der Waals surface area contributed by atoms with Gasteiger partial charge < -0.3 is 9.64 Å². The molecule has 14 heavy (non-hydrogen) atoms. The molecule has 0 radical (unpaired) electrons. The number of hydrogen-bond donors (Lipinski definition) is 0. The zero-order valence-electron chi connectivity index (χ0n) is 8.61. The SMILES string of the molecule is N#CC1CCN(C2CCOCC2)CC1. The fourth-order valence-corrected chi connectivity index (χ4v) is 2.44. The summed E-state index contributed by atoms with van der Waals surface area (Å²) in [6, 6.07) is 3.10. The van der Waals surface area contributed by atoms with Crippen molar-refractivity contribution in [3.8, 4) is 6.07 Å². The second-order valence-corrected chi connectivity index (χ2v) is 4.28. The van der Waals surface area contributed by atoms with E-state index >= 15 is 0 Å². The van der Waals surface area contributed by atoms with Crippen molar-refractivity contribution >= 4 is 0 Å². The summed E-state index contributed by atoms with van der Waals surface area (Å²) in [6.45, 7) is 4.07. The minimum atomic E-state index is 0.311. The fraction of sp³-hybridized carbons (Fsp3) is 0.909. The Morgan fingerprint density at radius 3 is 2.29 bits per heavy atom. The zero-order valence-corrected chi connectivity index (χ0v) is 8.61. The normalized spacial score (nSPS) is 27.4. The summed E-state index contributed by atoms with van der Waals surface area (Å²) in [6.07, 6.45) is 4.48. The van der Waals surface area contributed by atoms with Gasteiger partial charge in [0.05, 0.1) is 6.07 Å². The van der Waals surface area contributed by atoms with Gasteiger partial charge in [-0.05, 0) is 38.8 Å². The van der Waals surface area contributed by atoms with Gasteiger partial charge in [-0.15, -0.1) is 0 Å². The number of likely N-dealkylation sites (tertiary alicyclic amines) is 1. The summed E-state index contributed by atoms with van der Waals surface area (Å²) in [4.78, 5) is 2.55. The second-order valence-electron chi connectivity index (χ2n) is 4.28. The van der Waals surface area contributed by atoms with Crippen LogP contribution in [0.2, 0.25) is 0 Å². The third-order valence-electron chi connectivity index (χ3n) is 3.42. The van der Waals surface area contributed by atoms with Crippen LogP contribution in [0.5, 0.6) is 0 Å². The molecular formula is C11H18N2O. The van der Waals surface area contributed by atoms with Crippen LogP contribution in [0.25, 0.3) is 0 Å². The molecule has 0 bridgehead atoms. The lowest BCUT2D eigenvalue weighted by Crippen LogP contribution is -2.43. The van der Waals surface area contributed by atoms with Crippen molar-refractivity contribution < 1.29 is 4.74 Å². The van der Waals surface area contributed by atoms with Crippen LogP contribution in [0.4, 0.5) is 0 Å². The number of hydrogen-bond acceptors (Lipinski definition) is 3. The molecule has 78 valence electrons. The first kappa shape index (κ1) is 9.95. The van der Waals surface area contributed by atoms with E-state index in [1.54, 1.807) is 0 Å². The van der Waals surface area contributed by atoms with Gasteiger partial charge in [0.15, 0.2) is 0 Å². The predicted octanol–water partition coefficient (Wildman–Crippen LogP) is 1.40. The minimum Gasteiger partial charge on any atom is -0.381 e. The first-order valence-corrected chi connectivity index (χ1v) is 5.61. The molecule has 0 aromatic rings. The minimum absolute atomic E-state index is 0.311. The molecule has 0 aromatic carbocycles. The van der Waals surface area contributed by atoms with E-state index in [0.29, 0.717) is 5.92 Å². The highest BCUT2D eigenvalue weighted by Gasteiger charge is 2.25. The van der Waals surface area contributed by atoms with Gasteiger partial charge in [0.1, 0.15) is 0 Å². The number of ether oxygens (including phenoxy) is 1. The molecular weight excluding hydrogens is 176 g/mol. The highest BCUT2D eigenvalue weighted by Crippen LogP contribution is 2.22. The van der Waals surface area contributed by atoms with Crippen molar-refractivity contribution in [2.24, 2.45) is 5.92 Å². The monoisotopic (exact) mass is 194 g/mol. The summed E-state index contributed by atoms with van der Waals surface area (Å²) < 4.78 is 5.35. The van der Waals surface area contributed by atoms with Crippen molar-refractivity contribution in [1.82, 2.24) is 4.90 Å². The van der Waals surface area contributed by atoms with E-state index in [0.717, 1.165) is 45.2 Å². The number of rotatable bonds is 1. The standard InChI is InChI=1S/C11H18N2O/c12-9-10-1-5-13(6-2-10)11-3-7-14-8-4-11/h10-11H,1-8H2. The van der Waals surface area contributed by atoms with Crippen LogP contribution in [-0.4, -0.2) is 37.2 Å². The molecule has 0 saturated carbocycles. The first-order valence-electron chi connectivity index (χ1n) is 5.61. The Kier molecular flexibility index (Phi) is 3.39. The molecule has 3 nitrogen and oxygen atoms in total. The Morgan fingerprint density at radius 2 is 1.71 bits per heavy atom. The maximum absolute atomic E-state index is 8.80. The van der Waals surface area contributed by atoms with Gasteiger partial charge in [0, 0.05) is 25.2 Å². The molecule has 3 heteroatoms. The van der Waals surface area contributed by atoms with E-state index in [2.05, 4.69) is 11.0 Å². The Balaban J connectivity index is 1.79. The number of nitriles is 1. The highest BCUT2D eigenvalue weighted by molar-refractivity contribution is 4.89. The molecule has 0 atom stereocenters. The Morgan fingerprint density at radius 1 is 1.07 bits per heavy atom. The van der Waals surface area contributed by atoms with Gasteiger partial charge in [0.25, 0.3) is 0 Å². The largest absolute Gasteiger partial charge is 0.381 e. The van der Waals surface area contributed by atoms with Crippen LogP contribution in [0.3, 0.4) is 0 Å². The van der Waals surface area contributed by atoms with E-state index in [4.69, 9.17) is 10.00 Å². The molecule has 0 N–H and O–H groups in total. The molecule has 2 aliphatic heterocycles. The van der Waals surface area contributed by atoms with Crippen molar-refractivity contribution in [3.63, 3.8) is 0 Å². The van der Waals surface area contributed by atoms with E-state index in [1.165, 1.54) is 12.8 Å². The number of piperidine rings is 1. The smallest absolute Gasteiger partial charge is 0.0656 e. The third kappa shape index (κ3) is 2.26. The van der Waals surface area contributed by atoms with E-state index < -0.39 is 0 Å². The van der Waals surface area contributed by atoms with E-state index in [-0.39, 0.29) is 0 Å². The second kappa shape index (κ2) is 4.77. The van der Waals surface area contributed by atoms with Crippen LogP contribution >= 0.6 is 0 Å². The van der Waals surface area contributed by atoms with Crippen LogP contribution in [0.15, 0.2) is 0 Å². The summed E-state index contributed by atoms with van der Waals surface area (Å²) in [5.74, 6) is 0.311. The van der Waals surface area contributed by atoms with Gasteiger partial charge in [0.2, 0.25) is 0 Å². The highest BCUT2D eigenvalue weighted by atomic mass is 16.5. The molecule has 2 fully saturated rings. The van der Waals surface area contributed by atoms with E-state index in [9.17, 15) is 0 Å². The molecule has 0 amide bonds. The summed E-state index contributed by atoms with van der Waals surface area (Å²) in [5, 5.41) is 8.80. The summed E-state index contributed by atoms with van der Waals surface area (Å²) in [5.41, 5.74) is 0. The average molecular weight is 194 g/mol. The first-order chi connectivity index (χ1) is 6.90. The lowest BCUT2D eigenvalue weighted by Gasteiger charge is -2.37. The maximum atomic E-state index is 8.80. The lowest BCUT2D eigenvalue weighted by molar-refractivity contribution is 0.0241. The Bertz CT molecular complexity index is 210. The summed E-state index contributed by atoms with van der Waals surface area (Å²) in [7, 11) is 0. The van der Waals surface area contributed by atoms with Gasteiger partial charge in [-0.2, -0.15) is 5.26 Å². The van der Waals surface area contributed by atoms with Gasteiger partial charge in [-0.3, -0.25) is 0 Å². The Labute approximate surface area is 85.6 Å². The van der Waals surface area contributed by atoms with Gasteiger partial charge >= 0.3 is 0 Å². The fourth-order valence-electron chi connectivity index (χ4n) is 2.44. The molecule has 0 spiro atoms. The topological polar surface area (TPSA) is 36.3 Å². The molecule has 2 rings (SSSR count). The van der Waals surface area contributed by atoms with Crippen LogP contribution in [0, 0.1) is 17.2 Å². The van der Waals surface area contributed by atoms with Crippen LogP contribution in [-0.2, 0) is 4.74 Å². The van der Waals surface area contributed by atoms with Crippen LogP contribution < -0.4 is 0 Å².